The van der Waals surface area contributed by atoms with Crippen LogP contribution in [0.25, 0.3) is 10.9 Å². The van der Waals surface area contributed by atoms with Crippen LogP contribution < -0.4 is 10.9 Å². The van der Waals surface area contributed by atoms with E-state index in [0.717, 1.165) is 17.7 Å². The number of hydrogen-bond donors (Lipinski definition) is 2. The van der Waals surface area contributed by atoms with Crippen molar-refractivity contribution in [1.29, 1.82) is 0 Å². The number of aromatic nitrogens is 1. The molecule has 2 N–H and O–H groups in total. The minimum atomic E-state index is -4.56. The molecule has 1 aliphatic rings. The van der Waals surface area contributed by atoms with Gasteiger partial charge in [0.1, 0.15) is 0 Å². The highest BCUT2D eigenvalue weighted by Gasteiger charge is 2.36. The van der Waals surface area contributed by atoms with E-state index in [1.165, 1.54) is 0 Å². The highest BCUT2D eigenvalue weighted by Crippen LogP contribution is 2.44. The molecule has 0 bridgehead atoms. The molecule has 124 valence electrons. The summed E-state index contributed by atoms with van der Waals surface area (Å²) in [4.78, 5) is 14.3. The summed E-state index contributed by atoms with van der Waals surface area (Å²) in [7, 11) is 0. The highest BCUT2D eigenvalue weighted by atomic mass is 19.4. The molecule has 0 aliphatic carbocycles. The summed E-state index contributed by atoms with van der Waals surface area (Å²) in [5.74, 6) is 0.136. The number of hydrogen-bond acceptors (Lipinski definition) is 2. The summed E-state index contributed by atoms with van der Waals surface area (Å²) in [6.07, 6.45) is -3.73. The van der Waals surface area contributed by atoms with Gasteiger partial charge in [-0.25, -0.2) is 0 Å². The maximum Gasteiger partial charge on any atom is 0.417 e. The summed E-state index contributed by atoms with van der Waals surface area (Å²) in [5.41, 5.74) is 0.840. The Morgan fingerprint density at radius 3 is 2.52 bits per heavy atom. The predicted molar refractivity (Wildman–Crippen MR) is 85.0 cm³/mol. The van der Waals surface area contributed by atoms with Gasteiger partial charge in [-0.2, -0.15) is 13.2 Å². The summed E-state index contributed by atoms with van der Waals surface area (Å²) in [5, 5.41) is 3.46. The van der Waals surface area contributed by atoms with Gasteiger partial charge in [0, 0.05) is 22.7 Å². The van der Waals surface area contributed by atoms with Gasteiger partial charge < -0.3 is 10.3 Å². The molecule has 23 heavy (non-hydrogen) atoms. The van der Waals surface area contributed by atoms with Gasteiger partial charge in [-0.3, -0.25) is 4.79 Å². The molecule has 6 heteroatoms. The number of pyridine rings is 1. The molecular weight excluding hydrogens is 305 g/mol. The van der Waals surface area contributed by atoms with Crippen molar-refractivity contribution in [3.05, 3.63) is 39.2 Å². The Kier molecular flexibility index (Phi) is 3.29. The molecule has 2 heterocycles. The largest absolute Gasteiger partial charge is 0.417 e. The zero-order chi connectivity index (χ0) is 17.2. The Morgan fingerprint density at radius 2 is 1.91 bits per heavy atom. The first kappa shape index (κ1) is 15.9. The molecule has 0 amide bonds. The van der Waals surface area contributed by atoms with E-state index in [2.05, 4.69) is 24.1 Å². The number of halogens is 3. The normalized spacial score (nSPS) is 20.2. The molecule has 1 aromatic heterocycles. The second kappa shape index (κ2) is 4.76. The first-order chi connectivity index (χ1) is 10.5. The molecular formula is C17H19F3N2O. The van der Waals surface area contributed by atoms with E-state index < -0.39 is 17.3 Å². The van der Waals surface area contributed by atoms with Crippen LogP contribution in [0.15, 0.2) is 16.9 Å². The number of benzene rings is 1. The van der Waals surface area contributed by atoms with Gasteiger partial charge in [0.15, 0.2) is 0 Å². The van der Waals surface area contributed by atoms with E-state index in [0.29, 0.717) is 11.6 Å². The topological polar surface area (TPSA) is 44.9 Å². The zero-order valence-corrected chi connectivity index (χ0v) is 13.5. The quantitative estimate of drug-likeness (QED) is 0.746. The maximum absolute atomic E-state index is 13.3. The third kappa shape index (κ3) is 2.60. The Labute approximate surface area is 131 Å². The van der Waals surface area contributed by atoms with Gasteiger partial charge in [-0.15, -0.1) is 0 Å². The first-order valence-corrected chi connectivity index (χ1v) is 7.55. The first-order valence-electron chi connectivity index (χ1n) is 7.55. The predicted octanol–water partition coefficient (Wildman–Crippen LogP) is 4.55. The van der Waals surface area contributed by atoms with E-state index in [9.17, 15) is 18.0 Å². The molecule has 1 aliphatic heterocycles. The Hall–Kier alpha value is -1.98. The van der Waals surface area contributed by atoms with E-state index in [1.807, 2.05) is 6.92 Å². The molecule has 0 saturated heterocycles. The number of aryl methyl sites for hydroxylation is 1. The number of aromatic amines is 1. The summed E-state index contributed by atoms with van der Waals surface area (Å²) in [6, 6.07) is 2.21. The average molecular weight is 324 g/mol. The van der Waals surface area contributed by atoms with E-state index in [-0.39, 0.29) is 22.4 Å². The molecule has 0 spiro atoms. The lowest BCUT2D eigenvalue weighted by atomic mass is 9.80. The molecule has 0 fully saturated rings. The Bertz CT molecular complexity index is 850. The second-order valence-electron chi connectivity index (χ2n) is 7.05. The number of H-pyrrole nitrogens is 1. The minimum absolute atomic E-state index is 0.0571. The lowest BCUT2D eigenvalue weighted by molar-refractivity contribution is -0.136. The number of rotatable bonds is 0. The molecule has 3 rings (SSSR count). The molecule has 0 saturated carbocycles. The van der Waals surface area contributed by atoms with Crippen molar-refractivity contribution in [2.45, 2.75) is 51.7 Å². The number of anilines is 1. The summed E-state index contributed by atoms with van der Waals surface area (Å²) in [6.45, 7) is 7.89. The Balaban J connectivity index is 2.41. The van der Waals surface area contributed by atoms with Crippen molar-refractivity contribution in [3.63, 3.8) is 0 Å². The van der Waals surface area contributed by atoms with E-state index in [1.54, 1.807) is 13.0 Å². The van der Waals surface area contributed by atoms with Gasteiger partial charge in [0.2, 0.25) is 5.56 Å². The van der Waals surface area contributed by atoms with Crippen LogP contribution >= 0.6 is 0 Å². The molecule has 1 atom stereocenters. The van der Waals surface area contributed by atoms with Gasteiger partial charge in [-0.05, 0) is 50.3 Å². The third-order valence-corrected chi connectivity index (χ3v) is 4.54. The molecule has 0 radical (unpaired) electrons. The van der Waals surface area contributed by atoms with E-state index >= 15 is 0 Å². The molecule has 2 aromatic rings. The maximum atomic E-state index is 13.3. The monoisotopic (exact) mass is 324 g/mol. The van der Waals surface area contributed by atoms with Crippen molar-refractivity contribution in [2.75, 3.05) is 5.32 Å². The van der Waals surface area contributed by atoms with Crippen LogP contribution in [0.4, 0.5) is 18.9 Å². The third-order valence-electron chi connectivity index (χ3n) is 4.54. The minimum Gasteiger partial charge on any atom is -0.380 e. The van der Waals surface area contributed by atoms with Crippen molar-refractivity contribution in [1.82, 2.24) is 4.98 Å². The van der Waals surface area contributed by atoms with Gasteiger partial charge in [-0.1, -0.05) is 6.92 Å². The SMILES string of the molecule is Cc1c2c(cc3c(C(F)(F)F)cc(=O)[nH]c13)C(C)CC(C)(C)N2. The van der Waals surface area contributed by atoms with Crippen LogP contribution in [-0.2, 0) is 6.18 Å². The zero-order valence-electron chi connectivity index (χ0n) is 13.5. The fraction of sp³-hybridized carbons (Fsp3) is 0.471. The van der Waals surface area contributed by atoms with Gasteiger partial charge in [0.05, 0.1) is 11.1 Å². The van der Waals surface area contributed by atoms with Crippen LogP contribution in [0.2, 0.25) is 0 Å². The lowest BCUT2D eigenvalue weighted by Gasteiger charge is -2.39. The standard InChI is InChI=1S/C17H19F3N2O/c1-8-7-16(3,4)22-15-9(2)14-11(5-10(8)15)12(17(18,19)20)6-13(23)21-14/h5-6,8,22H,7H2,1-4H3,(H,21,23). The van der Waals surface area contributed by atoms with Crippen molar-refractivity contribution in [3.8, 4) is 0 Å². The number of nitrogens with one attached hydrogen (secondary N) is 2. The Morgan fingerprint density at radius 1 is 1.26 bits per heavy atom. The fourth-order valence-corrected chi connectivity index (χ4v) is 3.64. The summed E-state index contributed by atoms with van der Waals surface area (Å²) < 4.78 is 39.9. The van der Waals surface area contributed by atoms with Crippen molar-refractivity contribution >= 4 is 16.6 Å². The van der Waals surface area contributed by atoms with Crippen LogP contribution in [0, 0.1) is 6.92 Å². The smallest absolute Gasteiger partial charge is 0.380 e. The second-order valence-corrected chi connectivity index (χ2v) is 7.05. The van der Waals surface area contributed by atoms with Crippen molar-refractivity contribution in [2.24, 2.45) is 0 Å². The molecule has 1 unspecified atom stereocenters. The highest BCUT2D eigenvalue weighted by molar-refractivity contribution is 5.91. The van der Waals surface area contributed by atoms with Crippen LogP contribution in [-0.4, -0.2) is 10.5 Å². The summed E-state index contributed by atoms with van der Waals surface area (Å²) >= 11 is 0. The number of alkyl halides is 3. The van der Waals surface area contributed by atoms with Crippen LogP contribution in [0.3, 0.4) is 0 Å². The van der Waals surface area contributed by atoms with Gasteiger partial charge >= 0.3 is 6.18 Å². The molecule has 3 nitrogen and oxygen atoms in total. The van der Waals surface area contributed by atoms with Crippen LogP contribution in [0.1, 0.15) is 49.8 Å². The van der Waals surface area contributed by atoms with Gasteiger partial charge in [0.25, 0.3) is 0 Å². The van der Waals surface area contributed by atoms with E-state index in [4.69, 9.17) is 0 Å². The number of fused-ring (bicyclic) bond motifs is 2. The van der Waals surface area contributed by atoms with Crippen molar-refractivity contribution < 1.29 is 13.2 Å². The fourth-order valence-electron chi connectivity index (χ4n) is 3.64. The average Bonchev–Trinajstić information content (AvgIpc) is 2.38. The van der Waals surface area contributed by atoms with Crippen LogP contribution in [0.5, 0.6) is 0 Å². The lowest BCUT2D eigenvalue weighted by Crippen LogP contribution is -2.37. The molecule has 1 aromatic carbocycles.